The van der Waals surface area contributed by atoms with Crippen LogP contribution < -0.4 is 10.1 Å². The second-order valence-electron chi connectivity index (χ2n) is 5.45. The van der Waals surface area contributed by atoms with Crippen LogP contribution >= 0.6 is 0 Å². The Morgan fingerprint density at radius 2 is 1.79 bits per heavy atom. The van der Waals surface area contributed by atoms with Crippen LogP contribution in [-0.4, -0.2) is 44.2 Å². The van der Waals surface area contributed by atoms with Crippen molar-refractivity contribution in [1.82, 2.24) is 10.2 Å². The molecule has 1 fully saturated rings. The smallest absolute Gasteiger partial charge is 0.125 e. The van der Waals surface area contributed by atoms with Gasteiger partial charge in [0.25, 0.3) is 0 Å². The van der Waals surface area contributed by atoms with Crippen molar-refractivity contribution in [2.75, 3.05) is 39.3 Å². The zero-order chi connectivity index (χ0) is 13.7. The van der Waals surface area contributed by atoms with Gasteiger partial charge in [0.2, 0.25) is 0 Å². The molecule has 1 aromatic carbocycles. The lowest BCUT2D eigenvalue weighted by molar-refractivity contribution is 0.213. The number of aryl methyl sites for hydroxylation is 2. The topological polar surface area (TPSA) is 24.5 Å². The van der Waals surface area contributed by atoms with Gasteiger partial charge in [-0.15, -0.1) is 0 Å². The first kappa shape index (κ1) is 14.4. The number of piperazine rings is 1. The van der Waals surface area contributed by atoms with Crippen molar-refractivity contribution in [3.63, 3.8) is 0 Å². The van der Waals surface area contributed by atoms with Crippen LogP contribution in [0.1, 0.15) is 23.1 Å². The Balaban J connectivity index is 1.77. The van der Waals surface area contributed by atoms with E-state index in [1.54, 1.807) is 0 Å². The number of nitrogens with zero attached hydrogens (tertiary/aromatic N) is 1. The van der Waals surface area contributed by atoms with Crippen molar-refractivity contribution in [3.05, 3.63) is 28.8 Å². The highest BCUT2D eigenvalue weighted by Gasteiger charge is 2.09. The Labute approximate surface area is 116 Å². The molecule has 0 amide bonds. The van der Waals surface area contributed by atoms with Crippen molar-refractivity contribution in [2.45, 2.75) is 27.2 Å². The quantitative estimate of drug-likeness (QED) is 0.824. The molecule has 0 saturated carbocycles. The van der Waals surface area contributed by atoms with Crippen LogP contribution in [0, 0.1) is 20.8 Å². The fraction of sp³-hybridized carbons (Fsp3) is 0.625. The van der Waals surface area contributed by atoms with Crippen LogP contribution in [0.5, 0.6) is 5.75 Å². The summed E-state index contributed by atoms with van der Waals surface area (Å²) < 4.78 is 6.00. The third-order valence-electron chi connectivity index (χ3n) is 3.95. The Bertz CT molecular complexity index is 411. The molecule has 19 heavy (non-hydrogen) atoms. The molecule has 1 saturated heterocycles. The van der Waals surface area contributed by atoms with E-state index in [1.165, 1.54) is 29.8 Å². The van der Waals surface area contributed by atoms with Gasteiger partial charge in [0, 0.05) is 32.7 Å². The molecule has 0 radical (unpaired) electrons. The third kappa shape index (κ3) is 3.95. The summed E-state index contributed by atoms with van der Waals surface area (Å²) in [6.45, 7) is 13.0. The average molecular weight is 262 g/mol. The highest BCUT2D eigenvalue weighted by molar-refractivity contribution is 5.44. The molecule has 0 bridgehead atoms. The van der Waals surface area contributed by atoms with E-state index in [9.17, 15) is 0 Å². The van der Waals surface area contributed by atoms with Gasteiger partial charge in [-0.3, -0.25) is 0 Å². The zero-order valence-corrected chi connectivity index (χ0v) is 12.5. The van der Waals surface area contributed by atoms with Crippen LogP contribution in [-0.2, 0) is 0 Å². The molecule has 1 aliphatic rings. The van der Waals surface area contributed by atoms with E-state index >= 15 is 0 Å². The zero-order valence-electron chi connectivity index (χ0n) is 12.5. The number of ether oxygens (including phenoxy) is 1. The van der Waals surface area contributed by atoms with Gasteiger partial charge in [-0.25, -0.2) is 0 Å². The van der Waals surface area contributed by atoms with Gasteiger partial charge in [-0.05, 0) is 43.9 Å². The largest absolute Gasteiger partial charge is 0.493 e. The molecule has 106 valence electrons. The lowest BCUT2D eigenvalue weighted by atomic mass is 10.1. The SMILES string of the molecule is Cc1ccc(C)c(OCCCN2CCNCC2)c1C. The number of benzene rings is 1. The summed E-state index contributed by atoms with van der Waals surface area (Å²) >= 11 is 0. The van der Waals surface area contributed by atoms with Gasteiger partial charge in [0.05, 0.1) is 6.61 Å². The minimum absolute atomic E-state index is 0.815. The molecule has 0 aromatic heterocycles. The molecule has 1 aromatic rings. The second-order valence-corrected chi connectivity index (χ2v) is 5.45. The van der Waals surface area contributed by atoms with Crippen LogP contribution in [0.2, 0.25) is 0 Å². The number of nitrogens with one attached hydrogen (secondary N) is 1. The summed E-state index contributed by atoms with van der Waals surface area (Å²) in [4.78, 5) is 2.51. The molecule has 1 aliphatic heterocycles. The summed E-state index contributed by atoms with van der Waals surface area (Å²) in [6.07, 6.45) is 1.10. The molecule has 0 atom stereocenters. The Morgan fingerprint density at radius 3 is 2.53 bits per heavy atom. The summed E-state index contributed by atoms with van der Waals surface area (Å²) in [5, 5.41) is 3.38. The molecule has 0 spiro atoms. The summed E-state index contributed by atoms with van der Waals surface area (Å²) in [7, 11) is 0. The number of rotatable bonds is 5. The standard InChI is InChI=1S/C16H26N2O/c1-13-5-6-14(2)16(15(13)3)19-12-4-9-18-10-7-17-8-11-18/h5-6,17H,4,7-12H2,1-3H3. The monoisotopic (exact) mass is 262 g/mol. The molecule has 2 rings (SSSR count). The highest BCUT2D eigenvalue weighted by Crippen LogP contribution is 2.25. The summed E-state index contributed by atoms with van der Waals surface area (Å²) in [5.41, 5.74) is 3.83. The van der Waals surface area contributed by atoms with Gasteiger partial charge in [0.1, 0.15) is 5.75 Å². The van der Waals surface area contributed by atoms with Crippen LogP contribution in [0.3, 0.4) is 0 Å². The van der Waals surface area contributed by atoms with E-state index in [-0.39, 0.29) is 0 Å². The maximum Gasteiger partial charge on any atom is 0.125 e. The van der Waals surface area contributed by atoms with Crippen LogP contribution in [0.15, 0.2) is 12.1 Å². The van der Waals surface area contributed by atoms with E-state index in [1.807, 2.05) is 0 Å². The van der Waals surface area contributed by atoms with Crippen molar-refractivity contribution >= 4 is 0 Å². The molecule has 1 heterocycles. The summed E-state index contributed by atoms with van der Waals surface area (Å²) in [6, 6.07) is 4.31. The fourth-order valence-corrected chi connectivity index (χ4v) is 2.54. The van der Waals surface area contributed by atoms with E-state index in [0.29, 0.717) is 0 Å². The molecule has 3 nitrogen and oxygen atoms in total. The van der Waals surface area contributed by atoms with E-state index in [0.717, 1.165) is 38.4 Å². The first-order chi connectivity index (χ1) is 9.18. The van der Waals surface area contributed by atoms with Gasteiger partial charge in [-0.1, -0.05) is 12.1 Å². The summed E-state index contributed by atoms with van der Waals surface area (Å²) in [5.74, 6) is 1.08. The third-order valence-corrected chi connectivity index (χ3v) is 3.95. The van der Waals surface area contributed by atoms with Crippen LogP contribution in [0.4, 0.5) is 0 Å². The minimum Gasteiger partial charge on any atom is -0.493 e. The first-order valence-electron chi connectivity index (χ1n) is 7.31. The average Bonchev–Trinajstić information content (AvgIpc) is 2.43. The van der Waals surface area contributed by atoms with Gasteiger partial charge < -0.3 is 15.0 Å². The maximum absolute atomic E-state index is 6.00. The Kier molecular flexibility index (Phi) is 5.23. The van der Waals surface area contributed by atoms with Gasteiger partial charge in [-0.2, -0.15) is 0 Å². The van der Waals surface area contributed by atoms with Gasteiger partial charge >= 0.3 is 0 Å². The lowest BCUT2D eigenvalue weighted by Crippen LogP contribution is -2.43. The Hall–Kier alpha value is -1.06. The lowest BCUT2D eigenvalue weighted by Gasteiger charge is -2.27. The number of hydrogen-bond donors (Lipinski definition) is 1. The fourth-order valence-electron chi connectivity index (χ4n) is 2.54. The van der Waals surface area contributed by atoms with Crippen LogP contribution in [0.25, 0.3) is 0 Å². The highest BCUT2D eigenvalue weighted by atomic mass is 16.5. The van der Waals surface area contributed by atoms with E-state index in [2.05, 4.69) is 43.1 Å². The normalized spacial score (nSPS) is 16.6. The van der Waals surface area contributed by atoms with Crippen molar-refractivity contribution in [3.8, 4) is 5.75 Å². The first-order valence-corrected chi connectivity index (χ1v) is 7.31. The molecule has 1 N–H and O–H groups in total. The number of hydrogen-bond acceptors (Lipinski definition) is 3. The molecule has 0 aliphatic carbocycles. The predicted molar refractivity (Wildman–Crippen MR) is 80.1 cm³/mol. The predicted octanol–water partition coefficient (Wildman–Crippen LogP) is 2.29. The van der Waals surface area contributed by atoms with Gasteiger partial charge in [0.15, 0.2) is 0 Å². The minimum atomic E-state index is 0.815. The van der Waals surface area contributed by atoms with Crippen molar-refractivity contribution in [1.29, 1.82) is 0 Å². The van der Waals surface area contributed by atoms with Crippen molar-refractivity contribution < 1.29 is 4.74 Å². The molecular weight excluding hydrogens is 236 g/mol. The van der Waals surface area contributed by atoms with E-state index < -0.39 is 0 Å². The Morgan fingerprint density at radius 1 is 1.11 bits per heavy atom. The second kappa shape index (κ2) is 6.92. The van der Waals surface area contributed by atoms with E-state index in [4.69, 9.17) is 4.74 Å². The molecular formula is C16H26N2O. The molecule has 3 heteroatoms. The maximum atomic E-state index is 6.00. The van der Waals surface area contributed by atoms with Crippen molar-refractivity contribution in [2.24, 2.45) is 0 Å². The molecule has 0 unspecified atom stereocenters.